The van der Waals surface area contributed by atoms with Gasteiger partial charge in [-0.1, -0.05) is 0 Å². The Balaban J connectivity index is 1.93. The zero-order chi connectivity index (χ0) is 28.3. The highest BCUT2D eigenvalue weighted by atomic mass is 16.5. The van der Waals surface area contributed by atoms with Gasteiger partial charge in [-0.3, -0.25) is 19.2 Å². The molecule has 0 aromatic heterocycles. The van der Waals surface area contributed by atoms with E-state index in [0.29, 0.717) is 0 Å². The first kappa shape index (κ1) is 26.0. The number of phenolic OH excluding ortho intramolecular Hbond substituents is 1. The molecule has 3 aliphatic carbocycles. The average molecular weight is 530 g/mol. The molecule has 1 saturated heterocycles. The summed E-state index contributed by atoms with van der Waals surface area (Å²) in [5.41, 5.74) is -12.9. The second-order valence-corrected chi connectivity index (χ2v) is 10.8. The maximum atomic E-state index is 14.3. The van der Waals surface area contributed by atoms with E-state index in [2.05, 4.69) is 0 Å². The highest BCUT2D eigenvalue weighted by Gasteiger charge is 2.81. The second-order valence-electron chi connectivity index (χ2n) is 10.8. The first-order chi connectivity index (χ1) is 17.5. The van der Waals surface area contributed by atoms with Gasteiger partial charge in [-0.25, -0.2) is 0 Å². The zero-order valence-electron chi connectivity index (χ0n) is 20.9. The van der Waals surface area contributed by atoms with Gasteiger partial charge in [0.25, 0.3) is 0 Å². The first-order valence-electron chi connectivity index (χ1n) is 11.7. The molecule has 1 aliphatic heterocycles. The molecule has 0 amide bonds. The lowest BCUT2D eigenvalue weighted by molar-refractivity contribution is -0.234. The fourth-order valence-corrected chi connectivity index (χ4v) is 6.37. The number of fused-ring (bicyclic) bond motifs is 3. The van der Waals surface area contributed by atoms with Crippen LogP contribution in [-0.2, 0) is 19.1 Å². The molecule has 4 aliphatic rings. The van der Waals surface area contributed by atoms with Crippen LogP contribution in [-0.4, -0.2) is 89.9 Å². The molecular formula is C26H26O12. The third-order valence-corrected chi connectivity index (χ3v) is 8.20. The van der Waals surface area contributed by atoms with Crippen molar-refractivity contribution in [2.24, 2.45) is 5.41 Å². The zero-order valence-corrected chi connectivity index (χ0v) is 20.9. The van der Waals surface area contributed by atoms with Crippen molar-refractivity contribution in [2.75, 3.05) is 7.11 Å². The quantitative estimate of drug-likeness (QED) is 0.290. The minimum absolute atomic E-state index is 0.0219. The number of carbonyl (C=O) groups is 4. The van der Waals surface area contributed by atoms with Gasteiger partial charge in [-0.15, -0.1) is 0 Å². The van der Waals surface area contributed by atoms with Gasteiger partial charge in [-0.05, 0) is 33.3 Å². The lowest BCUT2D eigenvalue weighted by Crippen LogP contribution is -2.77. The van der Waals surface area contributed by atoms with E-state index in [9.17, 15) is 49.8 Å². The number of methoxy groups -OCH3 is 1. The molecule has 38 heavy (non-hydrogen) atoms. The number of allylic oxidation sites excluding steroid dienone is 1. The molecular weight excluding hydrogens is 504 g/mol. The topological polar surface area (TPSA) is 208 Å². The van der Waals surface area contributed by atoms with Crippen molar-refractivity contribution in [1.82, 2.24) is 0 Å². The van der Waals surface area contributed by atoms with Crippen LogP contribution in [0.4, 0.5) is 0 Å². The molecule has 1 spiro atoms. The fourth-order valence-electron chi connectivity index (χ4n) is 6.37. The van der Waals surface area contributed by atoms with Crippen LogP contribution in [0.25, 0.3) is 5.76 Å². The molecule has 2 fully saturated rings. The molecule has 5 atom stereocenters. The van der Waals surface area contributed by atoms with E-state index in [4.69, 9.17) is 9.47 Å². The maximum Gasteiger partial charge on any atom is 0.217 e. The van der Waals surface area contributed by atoms with Crippen molar-refractivity contribution in [3.63, 3.8) is 0 Å². The number of benzene rings is 1. The fraction of sp³-hybridized carbons (Fsp3) is 0.462. The van der Waals surface area contributed by atoms with E-state index < -0.39 is 104 Å². The molecule has 5 rings (SSSR count). The Morgan fingerprint density at radius 1 is 1.11 bits per heavy atom. The van der Waals surface area contributed by atoms with Crippen LogP contribution in [0, 0.1) is 5.41 Å². The van der Waals surface area contributed by atoms with E-state index in [-0.39, 0.29) is 11.3 Å². The van der Waals surface area contributed by atoms with Crippen LogP contribution in [0.5, 0.6) is 11.5 Å². The van der Waals surface area contributed by atoms with Crippen LogP contribution >= 0.6 is 0 Å². The number of Topliss-reactive ketones (excluding diaryl/α,β-unsaturated/α-hetero) is 4. The minimum atomic E-state index is -3.40. The summed E-state index contributed by atoms with van der Waals surface area (Å²) in [6, 6.07) is 2.27. The number of ketones is 4. The van der Waals surface area contributed by atoms with Crippen LogP contribution < -0.4 is 4.74 Å². The summed E-state index contributed by atoms with van der Waals surface area (Å²) in [6.07, 6.45) is -4.84. The Morgan fingerprint density at radius 2 is 1.74 bits per heavy atom. The molecule has 0 radical (unpaired) electrons. The first-order valence-corrected chi connectivity index (χ1v) is 11.7. The summed E-state index contributed by atoms with van der Waals surface area (Å²) in [4.78, 5) is 53.4. The standard InChI is InChI=1S/C26H26O12/c1-9(27)15-13(29)7-25(35)22-24(8-14(38-22)23(2,3)34)17(21(33)26(25,36)20(15)32)18(30)16-11(19(24)31)5-10(37-4)6-12(16)28/h5-6,14,22,28,30,32,34-36H,7-8H2,1-4H3/t14?,22-,24-,25+,26-/m0/s1. The monoisotopic (exact) mass is 530 g/mol. The summed E-state index contributed by atoms with van der Waals surface area (Å²) in [5.74, 6) is -7.62. The van der Waals surface area contributed by atoms with Crippen LogP contribution in [0.2, 0.25) is 0 Å². The largest absolute Gasteiger partial charge is 0.508 e. The summed E-state index contributed by atoms with van der Waals surface area (Å²) in [5, 5.41) is 67.4. The van der Waals surface area contributed by atoms with Gasteiger partial charge in [-0.2, -0.15) is 0 Å². The van der Waals surface area contributed by atoms with Gasteiger partial charge in [0.15, 0.2) is 17.3 Å². The number of phenols is 1. The van der Waals surface area contributed by atoms with Crippen LogP contribution in [0.1, 0.15) is 49.5 Å². The average Bonchev–Trinajstić information content (AvgIpc) is 3.22. The lowest BCUT2D eigenvalue weighted by atomic mass is 9.48. The normalized spacial score (nSPS) is 34.6. The Hall–Kier alpha value is -3.58. The SMILES string of the molecule is COc1cc(O)c2c(c1)C(=O)[C@@]13CC(C(C)(C)O)O[C@@H]1[C@]1(O)CC(=O)C(C(C)=O)=C(O)[C@]1(O)C(=O)C3=C2O. The van der Waals surface area contributed by atoms with E-state index in [1.165, 1.54) is 27.0 Å². The minimum Gasteiger partial charge on any atom is -0.508 e. The summed E-state index contributed by atoms with van der Waals surface area (Å²) in [6.45, 7) is 3.58. The number of hydrogen-bond acceptors (Lipinski definition) is 12. The molecule has 1 heterocycles. The summed E-state index contributed by atoms with van der Waals surface area (Å²) >= 11 is 0. The second kappa shape index (κ2) is 7.50. The Labute approximate surface area is 215 Å². The predicted octanol–water partition coefficient (Wildman–Crippen LogP) is 0.200. The number of aliphatic hydroxyl groups is 5. The third-order valence-electron chi connectivity index (χ3n) is 8.20. The predicted molar refractivity (Wildman–Crippen MR) is 125 cm³/mol. The van der Waals surface area contributed by atoms with Crippen LogP contribution in [0.15, 0.2) is 29.0 Å². The number of aromatic hydroxyl groups is 1. The van der Waals surface area contributed by atoms with Gasteiger partial charge in [0.2, 0.25) is 11.4 Å². The smallest absolute Gasteiger partial charge is 0.217 e. The van der Waals surface area contributed by atoms with Gasteiger partial charge >= 0.3 is 0 Å². The van der Waals surface area contributed by atoms with E-state index in [0.717, 1.165) is 13.0 Å². The number of hydrogen-bond donors (Lipinski definition) is 6. The Bertz CT molecular complexity index is 1430. The molecule has 12 heteroatoms. The van der Waals surface area contributed by atoms with E-state index in [1.54, 1.807) is 0 Å². The van der Waals surface area contributed by atoms with Gasteiger partial charge in [0.1, 0.15) is 40.3 Å². The molecule has 1 saturated carbocycles. The molecule has 6 N–H and O–H groups in total. The molecule has 12 nitrogen and oxygen atoms in total. The number of rotatable bonds is 3. The number of carbonyl (C=O) groups excluding carboxylic acids is 4. The highest BCUT2D eigenvalue weighted by Crippen LogP contribution is 2.65. The van der Waals surface area contributed by atoms with Gasteiger partial charge in [0.05, 0.1) is 35.4 Å². The Kier molecular flexibility index (Phi) is 5.14. The number of aliphatic hydroxyl groups excluding tert-OH is 2. The molecule has 1 unspecified atom stereocenters. The van der Waals surface area contributed by atoms with Crippen molar-refractivity contribution in [3.05, 3.63) is 40.2 Å². The Morgan fingerprint density at radius 3 is 2.29 bits per heavy atom. The summed E-state index contributed by atoms with van der Waals surface area (Å²) in [7, 11) is 1.27. The van der Waals surface area contributed by atoms with Crippen molar-refractivity contribution < 1.29 is 59.3 Å². The third kappa shape index (κ3) is 2.77. The van der Waals surface area contributed by atoms with Crippen molar-refractivity contribution in [3.8, 4) is 11.5 Å². The maximum absolute atomic E-state index is 14.3. The van der Waals surface area contributed by atoms with Crippen molar-refractivity contribution >= 4 is 28.9 Å². The van der Waals surface area contributed by atoms with E-state index >= 15 is 0 Å². The van der Waals surface area contributed by atoms with Gasteiger partial charge in [0, 0.05) is 18.1 Å². The van der Waals surface area contributed by atoms with Crippen molar-refractivity contribution in [2.45, 2.75) is 62.6 Å². The molecule has 1 aromatic rings. The molecule has 202 valence electrons. The number of ether oxygens (including phenoxy) is 2. The van der Waals surface area contributed by atoms with Gasteiger partial charge < -0.3 is 40.1 Å². The van der Waals surface area contributed by atoms with Crippen LogP contribution in [0.3, 0.4) is 0 Å². The molecule has 1 aromatic carbocycles. The highest BCUT2D eigenvalue weighted by molar-refractivity contribution is 6.27. The summed E-state index contributed by atoms with van der Waals surface area (Å²) < 4.78 is 11.1. The molecule has 0 bridgehead atoms. The van der Waals surface area contributed by atoms with Crippen molar-refractivity contribution in [1.29, 1.82) is 0 Å². The van der Waals surface area contributed by atoms with E-state index in [1.807, 2.05) is 0 Å². The lowest BCUT2D eigenvalue weighted by Gasteiger charge is -2.56.